The first-order valence-electron chi connectivity index (χ1n) is 13.6. The van der Waals surface area contributed by atoms with Crippen molar-refractivity contribution >= 4 is 45.0 Å². The maximum absolute atomic E-state index is 15.5. The van der Waals surface area contributed by atoms with E-state index in [1.165, 1.54) is 0 Å². The molecule has 0 radical (unpaired) electrons. The highest BCUT2D eigenvalue weighted by Crippen LogP contribution is 2.56. The van der Waals surface area contributed by atoms with E-state index < -0.39 is 5.41 Å². The van der Waals surface area contributed by atoms with Crippen molar-refractivity contribution in [2.24, 2.45) is 14.1 Å². The second-order valence-corrected chi connectivity index (χ2v) is 11.2. The van der Waals surface area contributed by atoms with Crippen molar-refractivity contribution in [2.75, 3.05) is 4.90 Å². The number of amides is 1. The number of anilines is 1. The molecule has 198 valence electrons. The molecule has 0 saturated carbocycles. The van der Waals surface area contributed by atoms with E-state index in [-0.39, 0.29) is 5.91 Å². The Labute approximate surface area is 239 Å². The average molecular weight is 544 g/mol. The van der Waals surface area contributed by atoms with Gasteiger partial charge in [0.2, 0.25) is 5.91 Å². The summed E-state index contributed by atoms with van der Waals surface area (Å²) in [5.74, 6) is 0.0486. The SMILES string of the molecule is Cc1c(C2(c3c(C)n(C)c4ccccc34)C(=O)N(Cc3ccccc3Cl)c3ccccc32)c2ccccc2n1C. The lowest BCUT2D eigenvalue weighted by molar-refractivity contribution is -0.120. The normalized spacial score (nSPS) is 14.4. The standard InChI is InChI=1S/C35H30ClN3O/c1-22-32(25-14-6-10-18-29(25)37(22)3)35(33-23(2)38(4)30-19-11-7-15-26(30)33)27-16-8-12-20-31(27)39(34(35)40)21-24-13-5-9-17-28(24)36/h5-20H,21H2,1-4H3. The molecule has 0 unspecified atom stereocenters. The summed E-state index contributed by atoms with van der Waals surface area (Å²) in [6.07, 6.45) is 0. The van der Waals surface area contributed by atoms with E-state index in [1.54, 1.807) is 0 Å². The molecule has 4 aromatic carbocycles. The van der Waals surface area contributed by atoms with Gasteiger partial charge in [0.15, 0.2) is 0 Å². The maximum Gasteiger partial charge on any atom is 0.247 e. The molecule has 1 aliphatic heterocycles. The average Bonchev–Trinajstić information content (AvgIpc) is 3.49. The van der Waals surface area contributed by atoms with Crippen molar-refractivity contribution in [3.8, 4) is 0 Å². The molecular weight excluding hydrogens is 514 g/mol. The third kappa shape index (κ3) is 3.11. The van der Waals surface area contributed by atoms with Gasteiger partial charge in [-0.25, -0.2) is 0 Å². The van der Waals surface area contributed by atoms with Gasteiger partial charge in [-0.1, -0.05) is 84.4 Å². The number of para-hydroxylation sites is 3. The highest BCUT2D eigenvalue weighted by atomic mass is 35.5. The molecule has 0 fully saturated rings. The van der Waals surface area contributed by atoms with E-state index in [0.29, 0.717) is 11.6 Å². The van der Waals surface area contributed by atoms with Crippen LogP contribution in [-0.4, -0.2) is 15.0 Å². The zero-order valence-corrected chi connectivity index (χ0v) is 23.8. The number of carbonyl (C=O) groups excluding carboxylic acids is 1. The number of hydrogen-bond acceptors (Lipinski definition) is 1. The number of fused-ring (bicyclic) bond motifs is 3. The van der Waals surface area contributed by atoms with Gasteiger partial charge in [0.1, 0.15) is 5.41 Å². The van der Waals surface area contributed by atoms with Crippen molar-refractivity contribution in [3.05, 3.63) is 136 Å². The van der Waals surface area contributed by atoms with E-state index in [2.05, 4.69) is 104 Å². The summed E-state index contributed by atoms with van der Waals surface area (Å²) in [5, 5.41) is 2.85. The van der Waals surface area contributed by atoms with Crippen LogP contribution in [0.4, 0.5) is 5.69 Å². The molecule has 0 atom stereocenters. The fourth-order valence-electron chi connectivity index (χ4n) is 7.00. The second-order valence-electron chi connectivity index (χ2n) is 10.8. The summed E-state index contributed by atoms with van der Waals surface area (Å²) in [5.41, 5.74) is 8.28. The topological polar surface area (TPSA) is 30.2 Å². The molecule has 1 aliphatic rings. The summed E-state index contributed by atoms with van der Waals surface area (Å²) in [7, 11) is 4.19. The Bertz CT molecular complexity index is 1890. The van der Waals surface area contributed by atoms with Crippen LogP contribution in [0.1, 0.15) is 33.6 Å². The number of aryl methyl sites for hydroxylation is 2. The van der Waals surface area contributed by atoms with Crippen LogP contribution in [0.3, 0.4) is 0 Å². The number of aromatic nitrogens is 2. The highest BCUT2D eigenvalue weighted by Gasteiger charge is 2.57. The number of halogens is 1. The molecule has 0 saturated heterocycles. The summed E-state index contributed by atoms with van der Waals surface area (Å²) >= 11 is 6.65. The minimum atomic E-state index is -1.05. The molecule has 0 bridgehead atoms. The fourth-order valence-corrected chi connectivity index (χ4v) is 7.20. The van der Waals surface area contributed by atoms with E-state index in [4.69, 9.17) is 11.6 Å². The summed E-state index contributed by atoms with van der Waals surface area (Å²) in [6.45, 7) is 4.68. The van der Waals surface area contributed by atoms with Gasteiger partial charge in [0.05, 0.1) is 6.54 Å². The molecule has 0 aliphatic carbocycles. The third-order valence-electron chi connectivity index (χ3n) is 9.00. The lowest BCUT2D eigenvalue weighted by Crippen LogP contribution is -2.43. The first kappa shape index (κ1) is 24.7. The first-order valence-corrected chi connectivity index (χ1v) is 14.0. The molecule has 0 spiro atoms. The van der Waals surface area contributed by atoms with Crippen LogP contribution in [0, 0.1) is 13.8 Å². The van der Waals surface area contributed by atoms with Gasteiger partial charge in [-0.05, 0) is 43.7 Å². The molecule has 0 N–H and O–H groups in total. The van der Waals surface area contributed by atoms with E-state index >= 15 is 4.79 Å². The zero-order valence-electron chi connectivity index (χ0n) is 23.1. The summed E-state index contributed by atoms with van der Waals surface area (Å²) in [6, 6.07) is 33.0. The molecule has 6 aromatic rings. The fraction of sp³-hybridized carbons (Fsp3) is 0.171. The third-order valence-corrected chi connectivity index (χ3v) is 9.37. The highest BCUT2D eigenvalue weighted by molar-refractivity contribution is 6.31. The van der Waals surface area contributed by atoms with Gasteiger partial charge >= 0.3 is 0 Å². The van der Waals surface area contributed by atoms with Crippen LogP contribution in [0.25, 0.3) is 21.8 Å². The van der Waals surface area contributed by atoms with E-state index in [1.807, 2.05) is 35.2 Å². The van der Waals surface area contributed by atoms with Gasteiger partial charge in [-0.3, -0.25) is 4.79 Å². The predicted octanol–water partition coefficient (Wildman–Crippen LogP) is 7.82. The maximum atomic E-state index is 15.5. The van der Waals surface area contributed by atoms with Crippen LogP contribution in [0.5, 0.6) is 0 Å². The van der Waals surface area contributed by atoms with Gasteiger partial charge in [0.25, 0.3) is 0 Å². The molecule has 1 amide bonds. The first-order chi connectivity index (χ1) is 19.4. The molecule has 5 heteroatoms. The number of nitrogens with zero attached hydrogens (tertiary/aromatic N) is 3. The van der Waals surface area contributed by atoms with E-state index in [0.717, 1.165) is 61.1 Å². The van der Waals surface area contributed by atoms with Crippen LogP contribution in [-0.2, 0) is 30.8 Å². The molecule has 2 aromatic heterocycles. The van der Waals surface area contributed by atoms with Crippen molar-refractivity contribution in [1.82, 2.24) is 9.13 Å². The number of carbonyl (C=O) groups is 1. The molecule has 4 nitrogen and oxygen atoms in total. The summed E-state index contributed by atoms with van der Waals surface area (Å²) < 4.78 is 4.44. The van der Waals surface area contributed by atoms with Crippen LogP contribution >= 0.6 is 11.6 Å². The molecule has 40 heavy (non-hydrogen) atoms. The Morgan fingerprint density at radius 3 is 1.77 bits per heavy atom. The largest absolute Gasteiger partial charge is 0.348 e. The molecule has 3 heterocycles. The van der Waals surface area contributed by atoms with Crippen LogP contribution in [0.2, 0.25) is 5.02 Å². The Hall–Kier alpha value is -4.28. The van der Waals surface area contributed by atoms with Crippen molar-refractivity contribution < 1.29 is 4.79 Å². The minimum absolute atomic E-state index is 0.0486. The van der Waals surface area contributed by atoms with Crippen molar-refractivity contribution in [2.45, 2.75) is 25.8 Å². The van der Waals surface area contributed by atoms with E-state index in [9.17, 15) is 0 Å². The second kappa shape index (κ2) is 8.87. The molecule has 7 rings (SSSR count). The minimum Gasteiger partial charge on any atom is -0.348 e. The Morgan fingerprint density at radius 1 is 0.675 bits per heavy atom. The van der Waals surface area contributed by atoms with Gasteiger partial charge in [-0.15, -0.1) is 0 Å². The smallest absolute Gasteiger partial charge is 0.247 e. The summed E-state index contributed by atoms with van der Waals surface area (Å²) in [4.78, 5) is 17.4. The lowest BCUT2D eigenvalue weighted by Gasteiger charge is -2.31. The quantitative estimate of drug-likeness (QED) is 0.223. The van der Waals surface area contributed by atoms with Crippen LogP contribution in [0.15, 0.2) is 97.1 Å². The van der Waals surface area contributed by atoms with Crippen LogP contribution < -0.4 is 4.90 Å². The van der Waals surface area contributed by atoms with Crippen molar-refractivity contribution in [1.29, 1.82) is 0 Å². The Kier molecular flexibility index (Phi) is 5.48. The predicted molar refractivity (Wildman–Crippen MR) is 164 cm³/mol. The Morgan fingerprint density at radius 2 is 1.18 bits per heavy atom. The van der Waals surface area contributed by atoms with Crippen molar-refractivity contribution in [3.63, 3.8) is 0 Å². The lowest BCUT2D eigenvalue weighted by atomic mass is 9.68. The van der Waals surface area contributed by atoms with Gasteiger partial charge in [0, 0.05) is 74.7 Å². The Balaban J connectivity index is 1.65. The molecular formula is C35H30ClN3O. The monoisotopic (exact) mass is 543 g/mol. The zero-order chi connectivity index (χ0) is 27.8. The number of hydrogen-bond donors (Lipinski definition) is 0. The number of rotatable bonds is 4. The van der Waals surface area contributed by atoms with Gasteiger partial charge in [-0.2, -0.15) is 0 Å². The number of benzene rings is 4. The van der Waals surface area contributed by atoms with Gasteiger partial charge < -0.3 is 14.0 Å².